The molecule has 0 saturated carbocycles. The second-order valence-electron chi connectivity index (χ2n) is 18.7. The Hall–Kier alpha value is -6.46. The van der Waals surface area contributed by atoms with Crippen LogP contribution in [0.25, 0.3) is 89.1 Å². The van der Waals surface area contributed by atoms with Gasteiger partial charge < -0.3 is 8.98 Å². The number of benzene rings is 6. The first-order valence-electron chi connectivity index (χ1n) is 21.6. The molecule has 0 aliphatic heterocycles. The number of pyridine rings is 2. The molecule has 0 aliphatic carbocycles. The molecule has 6 heteroatoms. The molecule has 0 unspecified atom stereocenters. The average molecular weight is 1010 g/mol. The van der Waals surface area contributed by atoms with Crippen molar-refractivity contribution in [3.8, 4) is 56.3 Å². The van der Waals surface area contributed by atoms with Gasteiger partial charge in [-0.05, 0) is 76.9 Å². The maximum atomic E-state index is 6.68. The number of para-hydroxylation sites is 2. The molecular formula is C58H52IrN4O-2. The maximum Gasteiger partial charge on any atom is 0.130 e. The van der Waals surface area contributed by atoms with Crippen LogP contribution in [0.15, 0.2) is 156 Å². The minimum absolute atomic E-state index is 0. The summed E-state index contributed by atoms with van der Waals surface area (Å²) in [4.78, 5) is 14.7. The monoisotopic (exact) mass is 1010 g/mol. The van der Waals surface area contributed by atoms with Gasteiger partial charge in [0, 0.05) is 55.4 Å². The van der Waals surface area contributed by atoms with Crippen molar-refractivity contribution in [3.63, 3.8) is 0 Å². The number of furan rings is 1. The summed E-state index contributed by atoms with van der Waals surface area (Å²) < 4.78 is 8.80. The van der Waals surface area contributed by atoms with E-state index in [9.17, 15) is 0 Å². The van der Waals surface area contributed by atoms with Crippen LogP contribution in [0.3, 0.4) is 0 Å². The van der Waals surface area contributed by atoms with Crippen LogP contribution in [0.4, 0.5) is 0 Å². The van der Waals surface area contributed by atoms with Gasteiger partial charge in [0.25, 0.3) is 0 Å². The first-order valence-corrected chi connectivity index (χ1v) is 21.6. The fraction of sp³-hybridized carbons (Fsp3) is 0.190. The third kappa shape index (κ3) is 8.86. The van der Waals surface area contributed by atoms with E-state index < -0.39 is 0 Å². The van der Waals surface area contributed by atoms with Gasteiger partial charge in [0.05, 0.1) is 28.3 Å². The van der Waals surface area contributed by atoms with Crippen molar-refractivity contribution in [2.24, 2.45) is 7.05 Å². The number of hydrogen-bond donors (Lipinski definition) is 0. The third-order valence-corrected chi connectivity index (χ3v) is 11.7. The molecule has 5 nitrogen and oxygen atoms in total. The average Bonchev–Trinajstić information content (AvgIpc) is 3.86. The Morgan fingerprint density at radius 2 is 1.30 bits per heavy atom. The quantitative estimate of drug-likeness (QED) is 0.161. The Balaban J connectivity index is 0.000000183. The van der Waals surface area contributed by atoms with Gasteiger partial charge >= 0.3 is 0 Å². The van der Waals surface area contributed by atoms with E-state index >= 15 is 0 Å². The van der Waals surface area contributed by atoms with Crippen molar-refractivity contribution in [1.82, 2.24) is 19.5 Å². The fourth-order valence-corrected chi connectivity index (χ4v) is 8.28. The Labute approximate surface area is 390 Å². The second-order valence-corrected chi connectivity index (χ2v) is 18.7. The Kier molecular flexibility index (Phi) is 12.1. The van der Waals surface area contributed by atoms with Gasteiger partial charge in [0.2, 0.25) is 0 Å². The Morgan fingerprint density at radius 1 is 0.578 bits per heavy atom. The molecule has 0 bridgehead atoms. The van der Waals surface area contributed by atoms with Crippen LogP contribution in [0.1, 0.15) is 63.9 Å². The van der Waals surface area contributed by atoms with E-state index in [4.69, 9.17) is 14.4 Å². The number of rotatable bonds is 5. The van der Waals surface area contributed by atoms with Gasteiger partial charge in [-0.25, -0.2) is 0 Å². The van der Waals surface area contributed by atoms with Crippen LogP contribution in [0.2, 0.25) is 0 Å². The first-order chi connectivity index (χ1) is 30.2. The van der Waals surface area contributed by atoms with E-state index in [0.717, 1.165) is 83.7 Å². The summed E-state index contributed by atoms with van der Waals surface area (Å²) in [7, 11) is 2.05. The van der Waals surface area contributed by atoms with Gasteiger partial charge in [0.15, 0.2) is 0 Å². The minimum Gasteiger partial charge on any atom is -0.500 e. The molecule has 6 aromatic carbocycles. The van der Waals surface area contributed by atoms with Crippen LogP contribution in [0.5, 0.6) is 0 Å². The van der Waals surface area contributed by atoms with Gasteiger partial charge in [-0.15, -0.1) is 54.1 Å². The van der Waals surface area contributed by atoms with E-state index in [-0.39, 0.29) is 30.9 Å². The summed E-state index contributed by atoms with van der Waals surface area (Å²) in [6.07, 6.45) is 1.93. The van der Waals surface area contributed by atoms with Crippen molar-refractivity contribution >= 4 is 32.8 Å². The van der Waals surface area contributed by atoms with Crippen LogP contribution in [0, 0.1) is 26.0 Å². The zero-order chi connectivity index (χ0) is 44.0. The molecule has 10 rings (SSSR count). The molecule has 0 amide bonds. The summed E-state index contributed by atoms with van der Waals surface area (Å²) in [5.41, 5.74) is 16.9. The summed E-state index contributed by atoms with van der Waals surface area (Å²) in [6.45, 7) is 17.7. The van der Waals surface area contributed by atoms with Crippen molar-refractivity contribution in [2.45, 2.75) is 66.2 Å². The van der Waals surface area contributed by atoms with E-state index in [0.29, 0.717) is 0 Å². The molecule has 0 spiro atoms. The molecule has 10 aromatic rings. The topological polar surface area (TPSA) is 56.7 Å². The molecule has 64 heavy (non-hydrogen) atoms. The predicted molar refractivity (Wildman–Crippen MR) is 262 cm³/mol. The molecule has 0 atom stereocenters. The molecule has 321 valence electrons. The van der Waals surface area contributed by atoms with E-state index in [1.807, 2.05) is 60.8 Å². The van der Waals surface area contributed by atoms with Gasteiger partial charge in [-0.3, -0.25) is 15.0 Å². The molecule has 0 N–H and O–H groups in total. The predicted octanol–water partition coefficient (Wildman–Crippen LogP) is 15.1. The third-order valence-electron chi connectivity index (χ3n) is 11.7. The molecule has 0 aliphatic rings. The van der Waals surface area contributed by atoms with Crippen LogP contribution >= 0.6 is 0 Å². The summed E-state index contributed by atoms with van der Waals surface area (Å²) in [5.74, 6) is 0.930. The van der Waals surface area contributed by atoms with Crippen LogP contribution in [-0.2, 0) is 38.0 Å². The normalized spacial score (nSPS) is 11.7. The molecular weight excluding hydrogens is 961 g/mol. The number of fused-ring (bicyclic) bond motifs is 4. The van der Waals surface area contributed by atoms with Crippen LogP contribution < -0.4 is 0 Å². The smallest absolute Gasteiger partial charge is 0.130 e. The molecule has 4 heterocycles. The van der Waals surface area contributed by atoms with Gasteiger partial charge in [-0.1, -0.05) is 149 Å². The standard InChI is InChI=1S/C34H31N2O.C24H21N2.Ir/c1-33(2,3)22-19-29(36-30(20-22)34(4,5)6)26-15-10-13-24-23-12-9-14-25(31(23)37-32(24)26)28-18-17-21-11-7-8-16-27(21)35-28;1-17-13-18(2)15-22(14-17)19-9-11-20(12-10-19)23-16-25-24(26(23)3)21-7-5-4-6-8-21;/h7-13,15-20H,1-6H3;4-7,9-16H,1-3H3;/q2*-1;. The van der Waals surface area contributed by atoms with Gasteiger partial charge in [-0.2, -0.15) is 0 Å². The zero-order valence-electron chi connectivity index (χ0n) is 38.0. The number of imidazole rings is 1. The molecule has 4 aromatic heterocycles. The molecule has 0 saturated heterocycles. The van der Waals surface area contributed by atoms with Crippen molar-refractivity contribution < 1.29 is 24.5 Å². The number of nitrogens with zero attached hydrogens (tertiary/aromatic N) is 4. The van der Waals surface area contributed by atoms with Crippen molar-refractivity contribution in [2.75, 3.05) is 0 Å². The largest absolute Gasteiger partial charge is 0.500 e. The maximum absolute atomic E-state index is 6.68. The molecule has 0 fully saturated rings. The Bertz CT molecular complexity index is 3220. The van der Waals surface area contributed by atoms with Crippen LogP contribution in [-0.4, -0.2) is 19.5 Å². The van der Waals surface area contributed by atoms with E-state index in [1.165, 1.54) is 27.8 Å². The first kappa shape index (κ1) is 44.2. The number of hydrogen-bond acceptors (Lipinski definition) is 4. The van der Waals surface area contributed by atoms with E-state index in [2.05, 4.69) is 175 Å². The fourth-order valence-electron chi connectivity index (χ4n) is 8.28. The zero-order valence-corrected chi connectivity index (χ0v) is 40.4. The minimum atomic E-state index is -0.0678. The summed E-state index contributed by atoms with van der Waals surface area (Å²) >= 11 is 0. The Morgan fingerprint density at radius 3 is 2.02 bits per heavy atom. The summed E-state index contributed by atoms with van der Waals surface area (Å²) in [6, 6.07) is 57.1. The van der Waals surface area contributed by atoms with E-state index in [1.54, 1.807) is 0 Å². The SMILES string of the molecule is CC(C)(C)c1cc(-c2cccc3c2oc2c(-c4ccc5ccccc5n4)[c-]ccc23)nc(C(C)(C)C)c1.Cc1cc(C)cc(-c2ccc(-c3cnc(-c4[c-]cccc4)n3C)cc2)c1.[Ir]. The molecule has 1 radical (unpaired) electrons. The second kappa shape index (κ2) is 17.6. The summed E-state index contributed by atoms with van der Waals surface area (Å²) in [5, 5.41) is 3.25. The number of aryl methyl sites for hydroxylation is 2. The van der Waals surface area contributed by atoms with Crippen molar-refractivity contribution in [1.29, 1.82) is 0 Å². The van der Waals surface area contributed by atoms with Gasteiger partial charge in [0.1, 0.15) is 5.58 Å². The number of aromatic nitrogens is 4. The van der Waals surface area contributed by atoms with Crippen molar-refractivity contribution in [3.05, 3.63) is 186 Å².